The first kappa shape index (κ1) is 27.3. The lowest BCUT2D eigenvalue weighted by molar-refractivity contribution is -0.385. The van der Waals surface area contributed by atoms with E-state index in [0.717, 1.165) is 56.2 Å². The normalized spacial score (nSPS) is 13.6. The van der Waals surface area contributed by atoms with Gasteiger partial charge < -0.3 is 4.90 Å². The van der Waals surface area contributed by atoms with Gasteiger partial charge in [-0.2, -0.15) is 0 Å². The monoisotopic (exact) mass is 555 g/mol. The van der Waals surface area contributed by atoms with Crippen LogP contribution in [0.4, 0.5) is 21.5 Å². The topological polar surface area (TPSA) is 89.5 Å². The molecule has 196 valence electrons. The van der Waals surface area contributed by atoms with Crippen LogP contribution in [0.15, 0.2) is 78.9 Å². The maximum absolute atomic E-state index is 12.4. The Labute approximate surface area is 228 Å². The summed E-state index contributed by atoms with van der Waals surface area (Å²) in [6, 6.07) is 22.8. The molecule has 0 amide bonds. The van der Waals surface area contributed by atoms with Crippen LogP contribution >= 0.6 is 23.2 Å². The van der Waals surface area contributed by atoms with Crippen molar-refractivity contribution < 1.29 is 14.2 Å². The van der Waals surface area contributed by atoms with Crippen molar-refractivity contribution in [1.82, 2.24) is 0 Å². The molecule has 5 rings (SSSR count). The van der Waals surface area contributed by atoms with Gasteiger partial charge >= 0.3 is 0 Å². The fourth-order valence-corrected chi connectivity index (χ4v) is 5.09. The molecule has 0 atom stereocenters. The van der Waals surface area contributed by atoms with Gasteiger partial charge in [-0.15, -0.1) is 0 Å². The van der Waals surface area contributed by atoms with Crippen LogP contribution in [0.2, 0.25) is 10.0 Å². The number of fused-ring (bicyclic) bond motifs is 1. The second kappa shape index (κ2) is 12.2. The summed E-state index contributed by atoms with van der Waals surface area (Å²) in [5.41, 5.74) is 2.14. The zero-order valence-corrected chi connectivity index (χ0v) is 21.7. The molecule has 1 fully saturated rings. The first-order valence-electron chi connectivity index (χ1n) is 12.0. The summed E-state index contributed by atoms with van der Waals surface area (Å²) in [5.74, 6) is -0.0128. The molecule has 0 bridgehead atoms. The zero-order valence-electron chi connectivity index (χ0n) is 20.2. The van der Waals surface area contributed by atoms with Crippen LogP contribution in [0.25, 0.3) is 10.8 Å². The van der Waals surface area contributed by atoms with Gasteiger partial charge in [0.25, 0.3) is 11.4 Å². The van der Waals surface area contributed by atoms with Crippen LogP contribution in [0.1, 0.15) is 18.4 Å². The van der Waals surface area contributed by atoms with Crippen LogP contribution in [0.5, 0.6) is 0 Å². The van der Waals surface area contributed by atoms with E-state index in [1.54, 1.807) is 6.07 Å². The van der Waals surface area contributed by atoms with E-state index in [0.29, 0.717) is 10.9 Å². The lowest BCUT2D eigenvalue weighted by Crippen LogP contribution is -2.34. The van der Waals surface area contributed by atoms with E-state index < -0.39 is 15.7 Å². The molecule has 0 radical (unpaired) electrons. The molecule has 38 heavy (non-hydrogen) atoms. The van der Waals surface area contributed by atoms with E-state index in [1.807, 2.05) is 0 Å². The number of anilines is 1. The highest BCUT2D eigenvalue weighted by Crippen LogP contribution is 2.34. The molecule has 4 aromatic rings. The van der Waals surface area contributed by atoms with Crippen molar-refractivity contribution in [3.63, 3.8) is 0 Å². The smallest absolute Gasteiger partial charge is 0.271 e. The van der Waals surface area contributed by atoms with Gasteiger partial charge in [0.1, 0.15) is 5.82 Å². The molecule has 1 heterocycles. The Hall–Kier alpha value is -3.75. The molecule has 0 aromatic heterocycles. The minimum atomic E-state index is -0.655. The van der Waals surface area contributed by atoms with Crippen LogP contribution in [0.3, 0.4) is 0 Å². The quantitative estimate of drug-likeness (QED) is 0.182. The predicted octanol–water partition coefficient (Wildman–Crippen LogP) is 8.25. The molecule has 1 aliphatic rings. The molecule has 1 saturated heterocycles. The third-order valence-corrected chi connectivity index (χ3v) is 7.19. The molecule has 10 heteroatoms. The minimum absolute atomic E-state index is 0.0367. The van der Waals surface area contributed by atoms with E-state index in [-0.39, 0.29) is 16.4 Å². The van der Waals surface area contributed by atoms with Gasteiger partial charge in [0.15, 0.2) is 0 Å². The van der Waals surface area contributed by atoms with E-state index in [9.17, 15) is 24.6 Å². The highest BCUT2D eigenvalue weighted by molar-refractivity contribution is 6.33. The molecule has 7 nitrogen and oxygen atoms in total. The fraction of sp³-hybridized carbons (Fsp3) is 0.214. The van der Waals surface area contributed by atoms with Crippen LogP contribution in [-0.4, -0.2) is 22.9 Å². The highest BCUT2D eigenvalue weighted by Gasteiger charge is 2.22. The molecule has 0 unspecified atom stereocenters. The maximum atomic E-state index is 12.4. The van der Waals surface area contributed by atoms with Gasteiger partial charge in [-0.05, 0) is 53.6 Å². The second-order valence-corrected chi connectivity index (χ2v) is 9.84. The van der Waals surface area contributed by atoms with E-state index in [2.05, 4.69) is 47.4 Å². The molecular formula is C28H24Cl2FN3O4. The summed E-state index contributed by atoms with van der Waals surface area (Å²) < 4.78 is 12.4. The summed E-state index contributed by atoms with van der Waals surface area (Å²) in [6.45, 7) is 1.85. The van der Waals surface area contributed by atoms with Crippen molar-refractivity contribution in [2.75, 3.05) is 18.0 Å². The van der Waals surface area contributed by atoms with Gasteiger partial charge in [-0.1, -0.05) is 65.7 Å². The third kappa shape index (κ3) is 6.57. The maximum Gasteiger partial charge on any atom is 0.271 e. The SMILES string of the molecule is O=[N+]([O-])c1ccc(F)c(Cl)c1.O=[N+]([O-])c1ccc(N2CCC(Cc3cccc4ccccc34)CC2)c(Cl)c1. The van der Waals surface area contributed by atoms with Gasteiger partial charge in [0.2, 0.25) is 0 Å². The number of hydrogen-bond acceptors (Lipinski definition) is 5. The van der Waals surface area contributed by atoms with Crippen molar-refractivity contribution in [2.24, 2.45) is 5.92 Å². The zero-order chi connectivity index (χ0) is 27.2. The summed E-state index contributed by atoms with van der Waals surface area (Å²) in [5, 5.41) is 23.8. The summed E-state index contributed by atoms with van der Waals surface area (Å²) >= 11 is 11.6. The Balaban J connectivity index is 0.000000257. The third-order valence-electron chi connectivity index (χ3n) is 6.60. The van der Waals surface area contributed by atoms with Crippen molar-refractivity contribution >= 4 is 51.0 Å². The van der Waals surface area contributed by atoms with Crippen LogP contribution in [-0.2, 0) is 6.42 Å². The number of halogens is 3. The summed E-state index contributed by atoms with van der Waals surface area (Å²) in [6.07, 6.45) is 3.27. The molecular weight excluding hydrogens is 532 g/mol. The predicted molar refractivity (Wildman–Crippen MR) is 149 cm³/mol. The van der Waals surface area contributed by atoms with Crippen molar-refractivity contribution in [3.05, 3.63) is 121 Å². The van der Waals surface area contributed by atoms with E-state index in [1.165, 1.54) is 28.5 Å². The minimum Gasteiger partial charge on any atom is -0.370 e. The summed E-state index contributed by atoms with van der Waals surface area (Å²) in [4.78, 5) is 22.2. The molecule has 0 spiro atoms. The number of rotatable bonds is 5. The number of nitrogens with zero attached hydrogens (tertiary/aromatic N) is 3. The van der Waals surface area contributed by atoms with Crippen molar-refractivity contribution in [3.8, 4) is 0 Å². The number of nitro groups is 2. The Kier molecular flexibility index (Phi) is 8.76. The lowest BCUT2D eigenvalue weighted by atomic mass is 9.88. The van der Waals surface area contributed by atoms with E-state index >= 15 is 0 Å². The Morgan fingerprint density at radius 2 is 1.42 bits per heavy atom. The molecule has 1 aliphatic heterocycles. The number of nitro benzene ring substituents is 2. The average Bonchev–Trinajstić information content (AvgIpc) is 2.91. The Bertz CT molecular complexity index is 1470. The number of non-ortho nitro benzene ring substituents is 2. The summed E-state index contributed by atoms with van der Waals surface area (Å²) in [7, 11) is 0. The van der Waals surface area contributed by atoms with Crippen LogP contribution < -0.4 is 4.90 Å². The van der Waals surface area contributed by atoms with Gasteiger partial charge in [-0.3, -0.25) is 20.2 Å². The molecule has 0 saturated carbocycles. The first-order chi connectivity index (χ1) is 18.2. The van der Waals surface area contributed by atoms with Gasteiger partial charge in [-0.25, -0.2) is 4.39 Å². The highest BCUT2D eigenvalue weighted by atomic mass is 35.5. The Morgan fingerprint density at radius 1 is 0.816 bits per heavy atom. The van der Waals surface area contributed by atoms with Gasteiger partial charge in [0.05, 0.1) is 25.6 Å². The molecule has 4 aromatic carbocycles. The number of hydrogen-bond donors (Lipinski definition) is 0. The van der Waals surface area contributed by atoms with Crippen molar-refractivity contribution in [1.29, 1.82) is 0 Å². The molecule has 0 aliphatic carbocycles. The second-order valence-electron chi connectivity index (χ2n) is 9.02. The fourth-order valence-electron chi connectivity index (χ4n) is 4.62. The number of piperidine rings is 1. The number of benzene rings is 4. The van der Waals surface area contributed by atoms with E-state index in [4.69, 9.17) is 23.2 Å². The van der Waals surface area contributed by atoms with Gasteiger partial charge in [0, 0.05) is 37.4 Å². The lowest BCUT2D eigenvalue weighted by Gasteiger charge is -2.34. The first-order valence-corrected chi connectivity index (χ1v) is 12.7. The average molecular weight is 556 g/mol. The van der Waals surface area contributed by atoms with Crippen molar-refractivity contribution in [2.45, 2.75) is 19.3 Å². The Morgan fingerprint density at radius 3 is 2.05 bits per heavy atom. The largest absolute Gasteiger partial charge is 0.370 e. The van der Waals surface area contributed by atoms with Crippen LogP contribution in [0, 0.1) is 32.0 Å². The standard InChI is InChI=1S/C22H21ClN2O2.C6H3ClFNO2/c23-21-15-19(25(26)27)8-9-22(21)24-12-10-16(11-13-24)14-18-6-3-5-17-4-1-2-7-20(17)18;7-5-3-4(9(10)11)1-2-6(5)8/h1-9,15-16H,10-14H2;1-3H. The molecule has 0 N–H and O–H groups in total.